The Morgan fingerprint density at radius 3 is 2.34 bits per heavy atom. The number of benzene rings is 2. The molecule has 148 valence electrons. The molecule has 1 aromatic heterocycles. The first-order chi connectivity index (χ1) is 13.8. The van der Waals surface area contributed by atoms with E-state index in [1.807, 2.05) is 30.3 Å². The second-order valence-corrected chi connectivity index (χ2v) is 8.03. The second kappa shape index (κ2) is 8.66. The van der Waals surface area contributed by atoms with Crippen molar-refractivity contribution < 1.29 is 13.2 Å². The van der Waals surface area contributed by atoms with E-state index in [0.717, 1.165) is 5.56 Å². The van der Waals surface area contributed by atoms with Crippen molar-refractivity contribution in [2.75, 3.05) is 10.0 Å². The predicted octanol–water partition coefficient (Wildman–Crippen LogP) is 3.63. The van der Waals surface area contributed by atoms with Crippen LogP contribution < -0.4 is 10.0 Å². The van der Waals surface area contributed by atoms with Gasteiger partial charge in [0, 0.05) is 23.2 Å². The lowest BCUT2D eigenvalue weighted by molar-refractivity contribution is -0.112. The summed E-state index contributed by atoms with van der Waals surface area (Å²) in [6.45, 7) is 3.46. The first kappa shape index (κ1) is 20.2. The summed E-state index contributed by atoms with van der Waals surface area (Å²) >= 11 is 0. The molecular weight excluding hydrogens is 388 g/mol. The summed E-state index contributed by atoms with van der Waals surface area (Å²) in [5.41, 5.74) is 2.59. The molecule has 0 unspecified atom stereocenters. The summed E-state index contributed by atoms with van der Waals surface area (Å²) in [4.78, 5) is 20.3. The Hall–Kier alpha value is -3.52. The fraction of sp³-hybridized carbons (Fsp3) is 0.0952. The topological polar surface area (TPSA) is 101 Å². The zero-order chi connectivity index (χ0) is 20.9. The van der Waals surface area contributed by atoms with Gasteiger partial charge in [-0.15, -0.1) is 0 Å². The van der Waals surface area contributed by atoms with Gasteiger partial charge in [0.05, 0.1) is 4.90 Å². The van der Waals surface area contributed by atoms with Gasteiger partial charge in [-0.2, -0.15) is 0 Å². The molecule has 0 aliphatic carbocycles. The highest BCUT2D eigenvalue weighted by Gasteiger charge is 2.16. The number of amides is 1. The van der Waals surface area contributed by atoms with E-state index in [1.54, 1.807) is 26.0 Å². The van der Waals surface area contributed by atoms with Crippen molar-refractivity contribution in [2.45, 2.75) is 18.7 Å². The highest BCUT2D eigenvalue weighted by Crippen LogP contribution is 2.17. The van der Waals surface area contributed by atoms with Crippen LogP contribution in [0.15, 0.2) is 77.3 Å². The number of hydrogen-bond acceptors (Lipinski definition) is 5. The summed E-state index contributed by atoms with van der Waals surface area (Å²) < 4.78 is 27.3. The van der Waals surface area contributed by atoms with Gasteiger partial charge in [0.25, 0.3) is 15.9 Å². The lowest BCUT2D eigenvalue weighted by atomic mass is 10.1. The normalized spacial score (nSPS) is 11.7. The lowest BCUT2D eigenvalue weighted by Crippen LogP contribution is -2.16. The first-order valence-corrected chi connectivity index (χ1v) is 10.3. The van der Waals surface area contributed by atoms with Gasteiger partial charge in [0.2, 0.25) is 5.95 Å². The Kier molecular flexibility index (Phi) is 6.04. The van der Waals surface area contributed by atoms with Crippen LogP contribution in [0.4, 0.5) is 11.6 Å². The molecule has 2 N–H and O–H groups in total. The number of aromatic nitrogens is 2. The Labute approximate surface area is 169 Å². The minimum Gasteiger partial charge on any atom is -0.322 e. The van der Waals surface area contributed by atoms with Crippen molar-refractivity contribution in [3.8, 4) is 0 Å². The largest absolute Gasteiger partial charge is 0.322 e. The summed E-state index contributed by atoms with van der Waals surface area (Å²) in [6, 6.07) is 17.0. The van der Waals surface area contributed by atoms with E-state index in [4.69, 9.17) is 0 Å². The van der Waals surface area contributed by atoms with Crippen LogP contribution in [0.3, 0.4) is 0 Å². The molecule has 0 aliphatic heterocycles. The van der Waals surface area contributed by atoms with Crippen LogP contribution in [0.5, 0.6) is 0 Å². The quantitative estimate of drug-likeness (QED) is 0.607. The molecule has 3 aromatic rings. The fourth-order valence-electron chi connectivity index (χ4n) is 2.49. The van der Waals surface area contributed by atoms with Gasteiger partial charge in [-0.05, 0) is 55.8 Å². The third kappa shape index (κ3) is 5.49. The van der Waals surface area contributed by atoms with E-state index in [1.165, 1.54) is 30.5 Å². The van der Waals surface area contributed by atoms with E-state index in [0.29, 0.717) is 17.0 Å². The number of carbonyl (C=O) groups is 1. The molecule has 7 nitrogen and oxygen atoms in total. The Bertz CT molecular complexity index is 1140. The van der Waals surface area contributed by atoms with Gasteiger partial charge in [0.1, 0.15) is 0 Å². The molecule has 0 saturated carbocycles. The highest BCUT2D eigenvalue weighted by atomic mass is 32.2. The lowest BCUT2D eigenvalue weighted by Gasteiger charge is -2.09. The smallest absolute Gasteiger partial charge is 0.264 e. The van der Waals surface area contributed by atoms with Gasteiger partial charge in [-0.1, -0.05) is 30.3 Å². The maximum atomic E-state index is 12.5. The third-order valence-electron chi connectivity index (χ3n) is 3.98. The number of anilines is 2. The van der Waals surface area contributed by atoms with Crippen LogP contribution in [-0.4, -0.2) is 24.3 Å². The van der Waals surface area contributed by atoms with Gasteiger partial charge in [-0.3, -0.25) is 4.79 Å². The maximum Gasteiger partial charge on any atom is 0.264 e. The SMILES string of the molecule is CC(=Cc1ccccc1)C(=O)Nc1ccc(S(=O)(=O)Nc2nccc(C)n2)cc1. The summed E-state index contributed by atoms with van der Waals surface area (Å²) in [7, 11) is -3.83. The van der Waals surface area contributed by atoms with Crippen molar-refractivity contribution in [3.63, 3.8) is 0 Å². The molecule has 1 heterocycles. The average molecular weight is 408 g/mol. The summed E-state index contributed by atoms with van der Waals surface area (Å²) in [6.07, 6.45) is 3.25. The molecule has 0 fully saturated rings. The predicted molar refractivity (Wildman–Crippen MR) is 113 cm³/mol. The number of sulfonamides is 1. The molecule has 0 bridgehead atoms. The highest BCUT2D eigenvalue weighted by molar-refractivity contribution is 7.92. The van der Waals surface area contributed by atoms with Gasteiger partial charge in [-0.25, -0.2) is 23.1 Å². The second-order valence-electron chi connectivity index (χ2n) is 6.34. The monoisotopic (exact) mass is 408 g/mol. The van der Waals surface area contributed by atoms with Crippen molar-refractivity contribution in [1.82, 2.24) is 9.97 Å². The minimum atomic E-state index is -3.83. The molecule has 0 spiro atoms. The van der Waals surface area contributed by atoms with Crippen LogP contribution in [-0.2, 0) is 14.8 Å². The van der Waals surface area contributed by atoms with Crippen LogP contribution >= 0.6 is 0 Å². The van der Waals surface area contributed by atoms with E-state index >= 15 is 0 Å². The molecule has 2 aromatic carbocycles. The number of nitrogens with one attached hydrogen (secondary N) is 2. The van der Waals surface area contributed by atoms with Gasteiger partial charge >= 0.3 is 0 Å². The summed E-state index contributed by atoms with van der Waals surface area (Å²) in [5.74, 6) is -0.264. The van der Waals surface area contributed by atoms with Crippen molar-refractivity contribution in [1.29, 1.82) is 0 Å². The van der Waals surface area contributed by atoms with Gasteiger partial charge < -0.3 is 5.32 Å². The van der Waals surface area contributed by atoms with Crippen LogP contribution in [0, 0.1) is 6.92 Å². The Morgan fingerprint density at radius 1 is 1.00 bits per heavy atom. The molecule has 0 radical (unpaired) electrons. The van der Waals surface area contributed by atoms with E-state index < -0.39 is 10.0 Å². The fourth-order valence-corrected chi connectivity index (χ4v) is 3.44. The molecule has 0 atom stereocenters. The number of hydrogen-bond donors (Lipinski definition) is 2. The van der Waals surface area contributed by atoms with Crippen molar-refractivity contribution >= 4 is 33.6 Å². The summed E-state index contributed by atoms with van der Waals surface area (Å²) in [5, 5.41) is 2.75. The van der Waals surface area contributed by atoms with Crippen LogP contribution in [0.2, 0.25) is 0 Å². The Morgan fingerprint density at radius 2 is 1.69 bits per heavy atom. The Balaban J connectivity index is 1.69. The van der Waals surface area contributed by atoms with E-state index in [2.05, 4.69) is 20.0 Å². The standard InChI is InChI=1S/C21H20N4O3S/c1-15(14-17-6-4-3-5-7-17)20(26)24-18-8-10-19(11-9-18)29(27,28)25-21-22-13-12-16(2)23-21/h3-14H,1-2H3,(H,24,26)(H,22,23,25). The average Bonchev–Trinajstić information content (AvgIpc) is 2.69. The van der Waals surface area contributed by atoms with Crippen molar-refractivity contribution in [3.05, 3.63) is 83.7 Å². The van der Waals surface area contributed by atoms with Crippen LogP contribution in [0.25, 0.3) is 6.08 Å². The molecule has 8 heteroatoms. The van der Waals surface area contributed by atoms with Crippen LogP contribution in [0.1, 0.15) is 18.2 Å². The maximum absolute atomic E-state index is 12.5. The van der Waals surface area contributed by atoms with Crippen molar-refractivity contribution in [2.24, 2.45) is 0 Å². The number of carbonyl (C=O) groups excluding carboxylic acids is 1. The molecule has 1 amide bonds. The molecule has 0 saturated heterocycles. The van der Waals surface area contributed by atoms with E-state index in [-0.39, 0.29) is 16.8 Å². The number of aryl methyl sites for hydroxylation is 1. The zero-order valence-corrected chi connectivity index (χ0v) is 16.8. The third-order valence-corrected chi connectivity index (χ3v) is 5.33. The molecule has 3 rings (SSSR count). The number of nitrogens with zero attached hydrogens (tertiary/aromatic N) is 2. The zero-order valence-electron chi connectivity index (χ0n) is 16.0. The molecule has 29 heavy (non-hydrogen) atoms. The first-order valence-electron chi connectivity index (χ1n) is 8.81. The molecule has 0 aliphatic rings. The number of rotatable bonds is 6. The minimum absolute atomic E-state index is 0.00375. The molecular formula is C21H20N4O3S. The van der Waals surface area contributed by atoms with Gasteiger partial charge in [0.15, 0.2) is 0 Å². The van der Waals surface area contributed by atoms with E-state index in [9.17, 15) is 13.2 Å².